The van der Waals surface area contributed by atoms with Crippen LogP contribution in [0.25, 0.3) is 0 Å². The van der Waals surface area contributed by atoms with Gasteiger partial charge in [-0.2, -0.15) is 5.10 Å². The van der Waals surface area contributed by atoms with Crippen LogP contribution in [0.3, 0.4) is 0 Å². The summed E-state index contributed by atoms with van der Waals surface area (Å²) in [5, 5.41) is 6.71. The van der Waals surface area contributed by atoms with Crippen LogP contribution in [0.2, 0.25) is 0 Å². The fourth-order valence-electron chi connectivity index (χ4n) is 3.09. The highest BCUT2D eigenvalue weighted by atomic mass is 32.2. The molecule has 0 atom stereocenters. The Hall–Kier alpha value is -3.14. The Bertz CT molecular complexity index is 1140. The molecule has 2 aromatic carbocycles. The van der Waals surface area contributed by atoms with Crippen molar-refractivity contribution in [1.29, 1.82) is 0 Å². The van der Waals surface area contributed by atoms with E-state index in [9.17, 15) is 17.2 Å². The largest absolute Gasteiger partial charge is 0.497 e. The number of anilines is 1. The van der Waals surface area contributed by atoms with Gasteiger partial charge in [0.05, 0.1) is 19.1 Å². The molecule has 0 amide bonds. The van der Waals surface area contributed by atoms with Crippen LogP contribution in [0.4, 0.5) is 14.6 Å². The molecule has 0 aliphatic rings. The molecule has 0 spiro atoms. The summed E-state index contributed by atoms with van der Waals surface area (Å²) < 4.78 is 65.8. The highest BCUT2D eigenvalue weighted by molar-refractivity contribution is 7.92. The van der Waals surface area contributed by atoms with Crippen molar-refractivity contribution in [1.82, 2.24) is 10.2 Å². The minimum absolute atomic E-state index is 0.0208. The van der Waals surface area contributed by atoms with Gasteiger partial charge >= 0.3 is 0 Å². The van der Waals surface area contributed by atoms with E-state index in [0.29, 0.717) is 37.0 Å². The zero-order valence-electron chi connectivity index (χ0n) is 17.3. The molecule has 166 valence electrons. The maximum atomic E-state index is 13.8. The number of hydrogen-bond donors (Lipinski definition) is 2. The van der Waals surface area contributed by atoms with Crippen molar-refractivity contribution in [2.45, 2.75) is 30.6 Å². The summed E-state index contributed by atoms with van der Waals surface area (Å²) >= 11 is 0. The molecular weight excluding hydrogens is 428 g/mol. The van der Waals surface area contributed by atoms with E-state index < -0.39 is 26.4 Å². The van der Waals surface area contributed by atoms with E-state index in [1.165, 1.54) is 18.2 Å². The summed E-state index contributed by atoms with van der Waals surface area (Å²) in [4.78, 5) is -0.490. The normalized spacial score (nSPS) is 11.9. The predicted molar refractivity (Wildman–Crippen MR) is 112 cm³/mol. The molecule has 3 aromatic rings. The number of halogens is 2. The number of alkyl halides is 2. The lowest BCUT2D eigenvalue weighted by molar-refractivity contribution is 0.0144. The Kier molecular flexibility index (Phi) is 6.49. The van der Waals surface area contributed by atoms with E-state index >= 15 is 0 Å². The number of aromatic nitrogens is 2. The first-order chi connectivity index (χ1) is 14.6. The van der Waals surface area contributed by atoms with Gasteiger partial charge in [-0.25, -0.2) is 17.2 Å². The number of nitrogens with one attached hydrogen (secondary N) is 2. The summed E-state index contributed by atoms with van der Waals surface area (Å²) in [5.41, 5.74) is 1.06. The Balaban J connectivity index is 1.74. The summed E-state index contributed by atoms with van der Waals surface area (Å²) in [6.07, 6.45) is 1.15. The second-order valence-electron chi connectivity index (χ2n) is 6.99. The first kappa shape index (κ1) is 22.5. The van der Waals surface area contributed by atoms with Crippen molar-refractivity contribution in [2.75, 3.05) is 18.9 Å². The lowest BCUT2D eigenvalue weighted by atomic mass is 10.1. The van der Waals surface area contributed by atoms with Gasteiger partial charge in [0.25, 0.3) is 15.9 Å². The molecule has 1 heterocycles. The number of ether oxygens (including phenoxy) is 2. The van der Waals surface area contributed by atoms with E-state index in [0.717, 1.165) is 17.7 Å². The highest BCUT2D eigenvalue weighted by Gasteiger charge is 2.32. The van der Waals surface area contributed by atoms with E-state index in [2.05, 4.69) is 14.9 Å². The molecule has 0 fully saturated rings. The lowest BCUT2D eigenvalue weighted by Gasteiger charge is -2.15. The molecule has 1 aromatic heterocycles. The topological polar surface area (TPSA) is 93.3 Å². The minimum Gasteiger partial charge on any atom is -0.497 e. The maximum absolute atomic E-state index is 13.8. The third-order valence-corrected chi connectivity index (χ3v) is 6.03. The fourth-order valence-corrected chi connectivity index (χ4v) is 4.37. The molecule has 7 nitrogen and oxygen atoms in total. The molecule has 3 rings (SSSR count). The van der Waals surface area contributed by atoms with Crippen molar-refractivity contribution >= 4 is 15.8 Å². The zero-order valence-corrected chi connectivity index (χ0v) is 18.1. The van der Waals surface area contributed by atoms with Gasteiger partial charge in [0.1, 0.15) is 11.5 Å². The van der Waals surface area contributed by atoms with Crippen molar-refractivity contribution < 1.29 is 26.7 Å². The summed E-state index contributed by atoms with van der Waals surface area (Å²) in [5.74, 6) is -1.95. The molecule has 0 unspecified atom stereocenters. The number of H-pyrrole nitrogens is 1. The Morgan fingerprint density at radius 3 is 2.29 bits per heavy atom. The second-order valence-corrected chi connectivity index (χ2v) is 8.64. The van der Waals surface area contributed by atoms with Crippen LogP contribution in [0.1, 0.15) is 23.7 Å². The molecule has 0 saturated heterocycles. The van der Waals surface area contributed by atoms with Crippen LogP contribution >= 0.6 is 0 Å². The van der Waals surface area contributed by atoms with Gasteiger partial charge < -0.3 is 9.47 Å². The number of hydrogen-bond acceptors (Lipinski definition) is 5. The van der Waals surface area contributed by atoms with Gasteiger partial charge in [0, 0.05) is 30.3 Å². The lowest BCUT2D eigenvalue weighted by Crippen LogP contribution is -2.19. The Morgan fingerprint density at radius 2 is 1.68 bits per heavy atom. The number of methoxy groups -OCH3 is 2. The molecular formula is C21H23F2N3O4S. The second kappa shape index (κ2) is 8.93. The van der Waals surface area contributed by atoms with Crippen LogP contribution in [-0.4, -0.2) is 32.8 Å². The van der Waals surface area contributed by atoms with Crippen molar-refractivity contribution in [2.24, 2.45) is 0 Å². The first-order valence-corrected chi connectivity index (χ1v) is 10.9. The van der Waals surface area contributed by atoms with Crippen molar-refractivity contribution in [3.05, 3.63) is 65.4 Å². The molecule has 31 heavy (non-hydrogen) atoms. The van der Waals surface area contributed by atoms with Gasteiger partial charge in [-0.1, -0.05) is 18.2 Å². The van der Waals surface area contributed by atoms with Gasteiger partial charge in [0.2, 0.25) is 0 Å². The van der Waals surface area contributed by atoms with Gasteiger partial charge in [-0.05, 0) is 36.6 Å². The Labute approximate surface area is 179 Å². The summed E-state index contributed by atoms with van der Waals surface area (Å²) in [7, 11) is -1.11. The minimum atomic E-state index is -4.24. The maximum Gasteiger partial charge on any atom is 0.271 e. The van der Waals surface area contributed by atoms with E-state index in [1.54, 1.807) is 20.3 Å². The molecule has 0 aliphatic carbocycles. The van der Waals surface area contributed by atoms with Crippen LogP contribution in [0.5, 0.6) is 11.5 Å². The van der Waals surface area contributed by atoms with E-state index in [4.69, 9.17) is 9.47 Å². The number of rotatable bonds is 9. The Morgan fingerprint density at radius 1 is 1.03 bits per heavy atom. The van der Waals surface area contributed by atoms with Crippen LogP contribution in [0, 0.1) is 0 Å². The first-order valence-electron chi connectivity index (χ1n) is 9.39. The van der Waals surface area contributed by atoms with Gasteiger partial charge in [-0.3, -0.25) is 9.82 Å². The van der Waals surface area contributed by atoms with Gasteiger partial charge in [-0.15, -0.1) is 0 Å². The molecule has 0 aliphatic heterocycles. The fraction of sp³-hybridized carbons (Fsp3) is 0.286. The number of nitrogens with zero attached hydrogens (tertiary/aromatic N) is 1. The van der Waals surface area contributed by atoms with Crippen molar-refractivity contribution in [3.63, 3.8) is 0 Å². The third-order valence-electron chi connectivity index (χ3n) is 4.61. The molecule has 10 heteroatoms. The molecule has 0 bridgehead atoms. The summed E-state index contributed by atoms with van der Waals surface area (Å²) in [6, 6.07) is 12.0. The SMILES string of the molecule is COc1cc(CCc2cc(NS(=O)(=O)c3ccccc3C(C)(F)F)n[nH]2)cc(OC)c1. The van der Waals surface area contributed by atoms with Crippen LogP contribution < -0.4 is 14.2 Å². The average Bonchev–Trinajstić information content (AvgIpc) is 3.18. The number of aryl methyl sites for hydroxylation is 2. The van der Waals surface area contributed by atoms with E-state index in [-0.39, 0.29) is 5.82 Å². The predicted octanol–water partition coefficient (Wildman–Crippen LogP) is 4.12. The molecule has 0 saturated carbocycles. The van der Waals surface area contributed by atoms with Gasteiger partial charge in [0.15, 0.2) is 5.82 Å². The monoisotopic (exact) mass is 451 g/mol. The standard InChI is InChI=1S/C21H23F2N3O4S/c1-21(22,23)18-6-4-5-7-19(18)31(27,28)26-20-12-15(24-25-20)9-8-14-10-16(29-2)13-17(11-14)30-3/h4-7,10-13H,8-9H2,1-3H3,(H2,24,25,26). The van der Waals surface area contributed by atoms with Crippen molar-refractivity contribution in [3.8, 4) is 11.5 Å². The zero-order chi connectivity index (χ0) is 22.6. The average molecular weight is 451 g/mol. The highest BCUT2D eigenvalue weighted by Crippen LogP contribution is 2.33. The number of benzene rings is 2. The quantitative estimate of drug-likeness (QED) is 0.510. The number of sulfonamides is 1. The third kappa shape index (κ3) is 5.52. The smallest absolute Gasteiger partial charge is 0.271 e. The number of aromatic amines is 1. The van der Waals surface area contributed by atoms with Crippen LogP contribution in [-0.2, 0) is 28.8 Å². The molecule has 2 N–H and O–H groups in total. The van der Waals surface area contributed by atoms with Crippen LogP contribution in [0.15, 0.2) is 53.4 Å². The molecule has 0 radical (unpaired) electrons. The summed E-state index contributed by atoms with van der Waals surface area (Å²) in [6.45, 7) is 0.654. The van der Waals surface area contributed by atoms with E-state index in [1.807, 2.05) is 12.1 Å².